The molecule has 1 heteroatoms. The predicted octanol–water partition coefficient (Wildman–Crippen LogP) is 2.76. The molecule has 2 unspecified atom stereocenters. The summed E-state index contributed by atoms with van der Waals surface area (Å²) in [4.78, 5) is 2.64. The van der Waals surface area contributed by atoms with Gasteiger partial charge in [0.2, 0.25) is 0 Å². The van der Waals surface area contributed by atoms with Crippen molar-refractivity contribution < 1.29 is 0 Å². The fourth-order valence-corrected chi connectivity index (χ4v) is 1.91. The molecule has 2 atom stereocenters. The molecule has 1 rings (SSSR count). The molecule has 1 heterocycles. The third kappa shape index (κ3) is 2.48. The maximum Gasteiger partial charge on any atom is 0.00930 e. The molecule has 12 heavy (non-hydrogen) atoms. The summed E-state index contributed by atoms with van der Waals surface area (Å²) in [7, 11) is 0. The van der Waals surface area contributed by atoms with Crippen LogP contribution >= 0.6 is 0 Å². The Balaban J connectivity index is 2.24. The first kappa shape index (κ1) is 10.0. The molecule has 0 aliphatic carbocycles. The van der Waals surface area contributed by atoms with Crippen molar-refractivity contribution in [2.45, 2.75) is 46.6 Å². The van der Waals surface area contributed by atoms with E-state index < -0.39 is 0 Å². The average molecular weight is 169 g/mol. The highest BCUT2D eigenvalue weighted by atomic mass is 15.2. The van der Waals surface area contributed by atoms with E-state index in [9.17, 15) is 0 Å². The van der Waals surface area contributed by atoms with Crippen LogP contribution in [0.2, 0.25) is 0 Å². The summed E-state index contributed by atoms with van der Waals surface area (Å²) in [5, 5.41) is 0. The molecule has 0 bridgehead atoms. The van der Waals surface area contributed by atoms with Crippen LogP contribution in [0.15, 0.2) is 0 Å². The minimum atomic E-state index is 0.823. The van der Waals surface area contributed by atoms with Gasteiger partial charge in [-0.3, -0.25) is 0 Å². The van der Waals surface area contributed by atoms with Crippen molar-refractivity contribution in [3.63, 3.8) is 0 Å². The fraction of sp³-hybridized carbons (Fsp3) is 1.00. The van der Waals surface area contributed by atoms with Crippen LogP contribution in [0.1, 0.15) is 40.5 Å². The first-order chi connectivity index (χ1) is 5.61. The van der Waals surface area contributed by atoms with E-state index in [2.05, 4.69) is 32.6 Å². The molecule has 1 nitrogen and oxygen atoms in total. The molecule has 0 radical (unpaired) electrons. The van der Waals surface area contributed by atoms with Gasteiger partial charge in [0.05, 0.1) is 0 Å². The molecule has 1 saturated heterocycles. The zero-order chi connectivity index (χ0) is 9.14. The zero-order valence-corrected chi connectivity index (χ0v) is 9.01. The molecular formula is C11H23N. The van der Waals surface area contributed by atoms with Crippen molar-refractivity contribution in [2.75, 3.05) is 13.1 Å². The second-order valence-electron chi connectivity index (χ2n) is 4.73. The van der Waals surface area contributed by atoms with E-state index in [1.165, 1.54) is 25.9 Å². The van der Waals surface area contributed by atoms with Gasteiger partial charge in [-0.05, 0) is 44.7 Å². The average Bonchev–Trinajstić information content (AvgIpc) is 2.30. The lowest BCUT2D eigenvalue weighted by molar-refractivity contribution is 0.234. The predicted molar refractivity (Wildman–Crippen MR) is 54.3 cm³/mol. The van der Waals surface area contributed by atoms with E-state index in [-0.39, 0.29) is 0 Å². The SMILES string of the molecule is CC(C)CCN1CCC(C)C1C. The van der Waals surface area contributed by atoms with Crippen LogP contribution in [0, 0.1) is 11.8 Å². The second-order valence-corrected chi connectivity index (χ2v) is 4.73. The largest absolute Gasteiger partial charge is 0.300 e. The molecular weight excluding hydrogens is 146 g/mol. The van der Waals surface area contributed by atoms with Crippen LogP contribution in [0.4, 0.5) is 0 Å². The molecule has 0 N–H and O–H groups in total. The second kappa shape index (κ2) is 4.27. The maximum absolute atomic E-state index is 2.64. The zero-order valence-electron chi connectivity index (χ0n) is 9.01. The van der Waals surface area contributed by atoms with Crippen molar-refractivity contribution in [1.82, 2.24) is 4.90 Å². The van der Waals surface area contributed by atoms with Gasteiger partial charge < -0.3 is 4.90 Å². The molecule has 1 aliphatic rings. The highest BCUT2D eigenvalue weighted by Crippen LogP contribution is 2.23. The summed E-state index contributed by atoms with van der Waals surface area (Å²) in [6.07, 6.45) is 2.76. The maximum atomic E-state index is 2.64. The molecule has 0 amide bonds. The van der Waals surface area contributed by atoms with Crippen molar-refractivity contribution >= 4 is 0 Å². The van der Waals surface area contributed by atoms with E-state index in [1.807, 2.05) is 0 Å². The monoisotopic (exact) mass is 169 g/mol. The molecule has 1 aliphatic heterocycles. The Morgan fingerprint density at radius 2 is 2.00 bits per heavy atom. The summed E-state index contributed by atoms with van der Waals surface area (Å²) in [6.45, 7) is 12.0. The topological polar surface area (TPSA) is 3.24 Å². The van der Waals surface area contributed by atoms with Crippen LogP contribution < -0.4 is 0 Å². The number of nitrogens with zero attached hydrogens (tertiary/aromatic N) is 1. The number of likely N-dealkylation sites (tertiary alicyclic amines) is 1. The Morgan fingerprint density at radius 1 is 1.33 bits per heavy atom. The normalized spacial score (nSPS) is 31.8. The third-order valence-electron chi connectivity index (χ3n) is 3.26. The molecule has 0 aromatic heterocycles. The van der Waals surface area contributed by atoms with E-state index in [0.717, 1.165) is 17.9 Å². The summed E-state index contributed by atoms with van der Waals surface area (Å²) in [5.41, 5.74) is 0. The van der Waals surface area contributed by atoms with Crippen molar-refractivity contribution in [1.29, 1.82) is 0 Å². The quantitative estimate of drug-likeness (QED) is 0.628. The van der Waals surface area contributed by atoms with E-state index in [4.69, 9.17) is 0 Å². The van der Waals surface area contributed by atoms with Crippen LogP contribution in [0.5, 0.6) is 0 Å². The molecule has 1 fully saturated rings. The van der Waals surface area contributed by atoms with Crippen LogP contribution in [-0.2, 0) is 0 Å². The Kier molecular flexibility index (Phi) is 3.57. The Morgan fingerprint density at radius 3 is 2.42 bits per heavy atom. The molecule has 72 valence electrons. The molecule has 0 aromatic carbocycles. The molecule has 0 spiro atoms. The number of hydrogen-bond acceptors (Lipinski definition) is 1. The van der Waals surface area contributed by atoms with Crippen LogP contribution in [-0.4, -0.2) is 24.0 Å². The lowest BCUT2D eigenvalue weighted by Gasteiger charge is -2.23. The van der Waals surface area contributed by atoms with Crippen LogP contribution in [0.25, 0.3) is 0 Å². The van der Waals surface area contributed by atoms with Crippen molar-refractivity contribution in [3.05, 3.63) is 0 Å². The lowest BCUT2D eigenvalue weighted by Crippen LogP contribution is -2.30. The standard InChI is InChI=1S/C11H23N/c1-9(2)5-7-12-8-6-10(3)11(12)4/h9-11H,5-8H2,1-4H3. The minimum absolute atomic E-state index is 0.823. The summed E-state index contributed by atoms with van der Waals surface area (Å²) in [6, 6.07) is 0.823. The van der Waals surface area contributed by atoms with E-state index >= 15 is 0 Å². The Labute approximate surface area is 77.1 Å². The van der Waals surface area contributed by atoms with Gasteiger partial charge in [0, 0.05) is 6.04 Å². The number of hydrogen-bond donors (Lipinski definition) is 0. The van der Waals surface area contributed by atoms with Crippen molar-refractivity contribution in [2.24, 2.45) is 11.8 Å². The van der Waals surface area contributed by atoms with E-state index in [1.54, 1.807) is 0 Å². The van der Waals surface area contributed by atoms with Gasteiger partial charge in [0.15, 0.2) is 0 Å². The van der Waals surface area contributed by atoms with Gasteiger partial charge in [-0.1, -0.05) is 20.8 Å². The molecule has 0 saturated carbocycles. The van der Waals surface area contributed by atoms with Gasteiger partial charge in [0.25, 0.3) is 0 Å². The Bertz CT molecular complexity index is 131. The summed E-state index contributed by atoms with van der Waals surface area (Å²) >= 11 is 0. The summed E-state index contributed by atoms with van der Waals surface area (Å²) < 4.78 is 0. The first-order valence-electron chi connectivity index (χ1n) is 5.35. The van der Waals surface area contributed by atoms with Gasteiger partial charge >= 0.3 is 0 Å². The highest BCUT2D eigenvalue weighted by Gasteiger charge is 2.26. The fourth-order valence-electron chi connectivity index (χ4n) is 1.91. The molecule has 0 aromatic rings. The minimum Gasteiger partial charge on any atom is -0.300 e. The first-order valence-corrected chi connectivity index (χ1v) is 5.35. The smallest absolute Gasteiger partial charge is 0.00930 e. The highest BCUT2D eigenvalue weighted by molar-refractivity contribution is 4.80. The van der Waals surface area contributed by atoms with Gasteiger partial charge in [-0.25, -0.2) is 0 Å². The van der Waals surface area contributed by atoms with Gasteiger partial charge in [0.1, 0.15) is 0 Å². The van der Waals surface area contributed by atoms with E-state index in [0.29, 0.717) is 0 Å². The Hall–Kier alpha value is -0.0400. The van der Waals surface area contributed by atoms with Gasteiger partial charge in [-0.15, -0.1) is 0 Å². The van der Waals surface area contributed by atoms with Crippen LogP contribution in [0.3, 0.4) is 0 Å². The van der Waals surface area contributed by atoms with Crippen molar-refractivity contribution in [3.8, 4) is 0 Å². The number of rotatable bonds is 3. The van der Waals surface area contributed by atoms with Gasteiger partial charge in [-0.2, -0.15) is 0 Å². The third-order valence-corrected chi connectivity index (χ3v) is 3.26. The lowest BCUT2D eigenvalue weighted by atomic mass is 10.0. The summed E-state index contributed by atoms with van der Waals surface area (Å²) in [5.74, 6) is 1.77.